The van der Waals surface area contributed by atoms with Gasteiger partial charge in [-0.2, -0.15) is 0 Å². The van der Waals surface area contributed by atoms with E-state index in [2.05, 4.69) is 5.01 Å². The van der Waals surface area contributed by atoms with Crippen molar-refractivity contribution < 1.29 is 19.4 Å². The van der Waals surface area contributed by atoms with E-state index in [-0.39, 0.29) is 29.4 Å². The minimum atomic E-state index is -0.617. The van der Waals surface area contributed by atoms with Crippen molar-refractivity contribution in [3.05, 3.63) is 45.2 Å². The van der Waals surface area contributed by atoms with E-state index in [1.807, 2.05) is 18.5 Å². The Morgan fingerprint density at radius 3 is 2.86 bits per heavy atom. The Bertz CT molecular complexity index is 1010. The third-order valence-electron chi connectivity index (χ3n) is 5.25. The summed E-state index contributed by atoms with van der Waals surface area (Å²) in [6.45, 7) is 7.11. The molecule has 0 atom stereocenters. The number of aromatic nitrogens is 1. The molecule has 1 N–H and O–H groups in total. The smallest absolute Gasteiger partial charge is 0.343 e. The van der Waals surface area contributed by atoms with Gasteiger partial charge < -0.3 is 19.6 Å². The van der Waals surface area contributed by atoms with E-state index in [1.54, 1.807) is 19.2 Å². The summed E-state index contributed by atoms with van der Waals surface area (Å²) in [6.07, 6.45) is 3.19. The molecule has 1 aromatic carbocycles. The number of phenolic OH excluding ortho intramolecular Hbond substituents is 1. The molecular formula is C21H24N2O5. The first-order chi connectivity index (χ1) is 13.4. The number of aromatic hydroxyl groups is 1. The van der Waals surface area contributed by atoms with Crippen molar-refractivity contribution in [1.82, 2.24) is 4.68 Å². The lowest BCUT2D eigenvalue weighted by Gasteiger charge is -2.39. The number of nitrogens with zero attached hydrogens (tertiary/aromatic N) is 2. The summed E-state index contributed by atoms with van der Waals surface area (Å²) in [6, 6.07) is 3.33. The highest BCUT2D eigenvalue weighted by Crippen LogP contribution is 2.45. The molecule has 2 aliphatic rings. The molecule has 0 unspecified atom stereocenters. The molecule has 2 aromatic rings. The summed E-state index contributed by atoms with van der Waals surface area (Å²) < 4.78 is 12.6. The Kier molecular flexibility index (Phi) is 4.53. The number of fused-ring (bicyclic) bond motifs is 5. The van der Waals surface area contributed by atoms with Crippen LogP contribution in [0, 0.1) is 0 Å². The van der Waals surface area contributed by atoms with Crippen molar-refractivity contribution in [3.8, 4) is 22.8 Å². The van der Waals surface area contributed by atoms with Crippen molar-refractivity contribution in [2.45, 2.75) is 46.2 Å². The van der Waals surface area contributed by atoms with Crippen molar-refractivity contribution in [3.63, 3.8) is 0 Å². The number of rotatable bonds is 3. The standard InChI is InChI=1S/C21H24N2O5/c1-4-27-21(26)15-11-23-16(9-17(15)24)19-13(10-22(23)12(2)3)8-18(25)20-14(19)6-5-7-28-20/h8-9,11-12,25H,4-7,10H2,1-3H3. The number of hydrogen-bond acceptors (Lipinski definition) is 6. The summed E-state index contributed by atoms with van der Waals surface area (Å²) in [5.41, 5.74) is 3.12. The summed E-state index contributed by atoms with van der Waals surface area (Å²) in [5, 5.41) is 12.5. The normalized spacial score (nSPS) is 14.8. The van der Waals surface area contributed by atoms with Gasteiger partial charge in [-0.05, 0) is 45.2 Å². The second-order valence-electron chi connectivity index (χ2n) is 7.38. The number of pyridine rings is 1. The van der Waals surface area contributed by atoms with Gasteiger partial charge in [0.15, 0.2) is 16.9 Å². The molecular weight excluding hydrogens is 360 g/mol. The van der Waals surface area contributed by atoms with Crippen LogP contribution in [-0.4, -0.2) is 35.0 Å². The van der Waals surface area contributed by atoms with Crippen LogP contribution in [0.3, 0.4) is 0 Å². The van der Waals surface area contributed by atoms with Gasteiger partial charge in [0.25, 0.3) is 0 Å². The average molecular weight is 384 g/mol. The van der Waals surface area contributed by atoms with Crippen molar-refractivity contribution in [2.75, 3.05) is 18.2 Å². The van der Waals surface area contributed by atoms with Gasteiger partial charge in [0.1, 0.15) is 5.56 Å². The van der Waals surface area contributed by atoms with Gasteiger partial charge >= 0.3 is 5.97 Å². The molecule has 0 fully saturated rings. The first kappa shape index (κ1) is 18.4. The number of esters is 1. The lowest BCUT2D eigenvalue weighted by molar-refractivity contribution is 0.0523. The van der Waals surface area contributed by atoms with E-state index in [9.17, 15) is 14.7 Å². The predicted octanol–water partition coefficient (Wildman–Crippen LogP) is 2.58. The van der Waals surface area contributed by atoms with E-state index >= 15 is 0 Å². The largest absolute Gasteiger partial charge is 0.504 e. The van der Waals surface area contributed by atoms with Crippen LogP contribution in [0.1, 0.15) is 48.7 Å². The van der Waals surface area contributed by atoms with Gasteiger partial charge in [-0.15, -0.1) is 0 Å². The van der Waals surface area contributed by atoms with Crippen LogP contribution in [-0.2, 0) is 17.7 Å². The van der Waals surface area contributed by atoms with Crippen molar-refractivity contribution in [1.29, 1.82) is 0 Å². The topological polar surface area (TPSA) is 81.0 Å². The molecule has 0 saturated heterocycles. The fourth-order valence-electron chi connectivity index (χ4n) is 4.00. The molecule has 0 amide bonds. The van der Waals surface area contributed by atoms with E-state index in [1.165, 1.54) is 6.07 Å². The lowest BCUT2D eigenvalue weighted by atomic mass is 9.90. The third kappa shape index (κ3) is 2.82. The van der Waals surface area contributed by atoms with Gasteiger partial charge in [0.05, 0.1) is 25.5 Å². The van der Waals surface area contributed by atoms with Crippen LogP contribution < -0.4 is 15.2 Å². The second-order valence-corrected chi connectivity index (χ2v) is 7.38. The lowest BCUT2D eigenvalue weighted by Crippen LogP contribution is -2.44. The molecule has 7 nitrogen and oxygen atoms in total. The maximum absolute atomic E-state index is 12.7. The van der Waals surface area contributed by atoms with Gasteiger partial charge in [-0.3, -0.25) is 9.47 Å². The number of carbonyl (C=O) groups is 1. The van der Waals surface area contributed by atoms with Crippen molar-refractivity contribution in [2.24, 2.45) is 0 Å². The molecule has 7 heteroatoms. The summed E-state index contributed by atoms with van der Waals surface area (Å²) in [4.78, 5) is 25.0. The Labute approximate surface area is 163 Å². The zero-order chi connectivity index (χ0) is 20.0. The molecule has 28 heavy (non-hydrogen) atoms. The highest BCUT2D eigenvalue weighted by atomic mass is 16.5. The number of benzene rings is 1. The van der Waals surface area contributed by atoms with Crippen molar-refractivity contribution >= 4 is 5.97 Å². The fraction of sp³-hybridized carbons (Fsp3) is 0.429. The first-order valence-electron chi connectivity index (χ1n) is 9.64. The highest BCUT2D eigenvalue weighted by Gasteiger charge is 2.31. The Morgan fingerprint density at radius 2 is 2.14 bits per heavy atom. The summed E-state index contributed by atoms with van der Waals surface area (Å²) >= 11 is 0. The molecule has 0 aliphatic carbocycles. The molecule has 1 aromatic heterocycles. The molecule has 0 spiro atoms. The average Bonchev–Trinajstić information content (AvgIpc) is 2.66. The molecule has 0 bridgehead atoms. The third-order valence-corrected chi connectivity index (χ3v) is 5.25. The Hall–Kier alpha value is -2.96. The number of phenols is 1. The van der Waals surface area contributed by atoms with Crippen LogP contribution in [0.15, 0.2) is 23.1 Å². The summed E-state index contributed by atoms with van der Waals surface area (Å²) in [7, 11) is 0. The fourth-order valence-corrected chi connectivity index (χ4v) is 4.00. The van der Waals surface area contributed by atoms with Crippen LogP contribution in [0.2, 0.25) is 0 Å². The maximum Gasteiger partial charge on any atom is 0.343 e. The molecule has 4 rings (SSSR count). The maximum atomic E-state index is 12.7. The van der Waals surface area contributed by atoms with Crippen LogP contribution in [0.4, 0.5) is 0 Å². The van der Waals surface area contributed by atoms with Crippen LogP contribution >= 0.6 is 0 Å². The van der Waals surface area contributed by atoms with Gasteiger partial charge in [0.2, 0.25) is 0 Å². The second kappa shape index (κ2) is 6.89. The molecule has 0 saturated carbocycles. The van der Waals surface area contributed by atoms with E-state index in [0.29, 0.717) is 24.6 Å². The van der Waals surface area contributed by atoms with Gasteiger partial charge in [0, 0.05) is 29.4 Å². The first-order valence-corrected chi connectivity index (χ1v) is 9.64. The Balaban J connectivity index is 1.98. The van der Waals surface area contributed by atoms with Gasteiger partial charge in [-0.1, -0.05) is 0 Å². The molecule has 2 aliphatic heterocycles. The number of carbonyl (C=O) groups excluding carboxylic acids is 1. The molecule has 3 heterocycles. The highest BCUT2D eigenvalue weighted by molar-refractivity contribution is 5.90. The quantitative estimate of drug-likeness (QED) is 0.820. The zero-order valence-electron chi connectivity index (χ0n) is 16.3. The molecule has 148 valence electrons. The SMILES string of the molecule is CCOC(=O)c1cn2c(cc1=O)-c1c(cc(O)c3c1CCCO3)CN2C(C)C. The molecule has 0 radical (unpaired) electrons. The van der Waals surface area contributed by atoms with E-state index < -0.39 is 5.97 Å². The van der Waals surface area contributed by atoms with Crippen LogP contribution in [0.5, 0.6) is 11.5 Å². The monoisotopic (exact) mass is 384 g/mol. The van der Waals surface area contributed by atoms with Gasteiger partial charge in [-0.25, -0.2) is 4.79 Å². The minimum absolute atomic E-state index is 0.0172. The van der Waals surface area contributed by atoms with Crippen LogP contribution in [0.25, 0.3) is 11.3 Å². The summed E-state index contributed by atoms with van der Waals surface area (Å²) in [5.74, 6) is 0.0148. The number of hydrogen-bond donors (Lipinski definition) is 1. The van der Waals surface area contributed by atoms with E-state index in [0.717, 1.165) is 29.5 Å². The predicted molar refractivity (Wildman–Crippen MR) is 105 cm³/mol. The zero-order valence-corrected chi connectivity index (χ0v) is 16.3. The number of ether oxygens (including phenoxy) is 2. The minimum Gasteiger partial charge on any atom is -0.504 e. The Morgan fingerprint density at radius 1 is 1.36 bits per heavy atom. The van der Waals surface area contributed by atoms with E-state index in [4.69, 9.17) is 9.47 Å².